The first-order valence-electron chi connectivity index (χ1n) is 14.4. The molecular formula is C31H42N6O4. The van der Waals surface area contributed by atoms with E-state index in [4.69, 9.17) is 4.74 Å². The first-order valence-corrected chi connectivity index (χ1v) is 14.4. The van der Waals surface area contributed by atoms with E-state index < -0.39 is 0 Å². The number of benzene rings is 1. The van der Waals surface area contributed by atoms with Crippen molar-refractivity contribution in [2.75, 3.05) is 57.8 Å². The van der Waals surface area contributed by atoms with Crippen molar-refractivity contribution in [2.24, 2.45) is 11.8 Å². The van der Waals surface area contributed by atoms with E-state index in [1.165, 1.54) is 6.92 Å². The van der Waals surface area contributed by atoms with Gasteiger partial charge >= 0.3 is 0 Å². The van der Waals surface area contributed by atoms with Gasteiger partial charge in [0.2, 0.25) is 17.7 Å². The van der Waals surface area contributed by atoms with Crippen molar-refractivity contribution in [3.8, 4) is 5.75 Å². The van der Waals surface area contributed by atoms with Crippen molar-refractivity contribution in [3.05, 3.63) is 66.0 Å². The van der Waals surface area contributed by atoms with Crippen LogP contribution in [0.25, 0.3) is 0 Å². The van der Waals surface area contributed by atoms with Crippen LogP contribution in [-0.4, -0.2) is 80.5 Å². The molecule has 1 aromatic carbocycles. The van der Waals surface area contributed by atoms with E-state index in [2.05, 4.69) is 51.1 Å². The molecule has 1 fully saturated rings. The molecule has 0 aliphatic carbocycles. The van der Waals surface area contributed by atoms with Gasteiger partial charge in [-0.3, -0.25) is 19.4 Å². The molecule has 0 spiro atoms. The number of hydrogen-bond acceptors (Lipinski definition) is 7. The Kier molecular flexibility index (Phi) is 11.1. The van der Waals surface area contributed by atoms with E-state index in [1.807, 2.05) is 41.4 Å². The number of hydrogen-bond donors (Lipinski definition) is 3. The minimum absolute atomic E-state index is 0.0379. The number of anilines is 1. The fraction of sp³-hybridized carbons (Fsp3) is 0.484. The van der Waals surface area contributed by atoms with E-state index in [9.17, 15) is 14.4 Å². The second-order valence-electron chi connectivity index (χ2n) is 10.7. The Hall–Kier alpha value is -3.92. The Labute approximate surface area is 242 Å². The van der Waals surface area contributed by atoms with Crippen LogP contribution in [0.1, 0.15) is 31.0 Å². The molecule has 3 heterocycles. The molecule has 0 unspecified atom stereocenters. The lowest BCUT2D eigenvalue weighted by molar-refractivity contribution is -0.132. The van der Waals surface area contributed by atoms with Gasteiger partial charge in [0.15, 0.2) is 0 Å². The third-order valence-electron chi connectivity index (χ3n) is 7.65. The highest BCUT2D eigenvalue weighted by atomic mass is 16.5. The van der Waals surface area contributed by atoms with Crippen LogP contribution in [0.5, 0.6) is 5.75 Å². The number of amides is 3. The zero-order valence-electron chi connectivity index (χ0n) is 24.1. The van der Waals surface area contributed by atoms with Crippen molar-refractivity contribution in [1.82, 2.24) is 25.8 Å². The molecule has 2 atom stereocenters. The van der Waals surface area contributed by atoms with Crippen molar-refractivity contribution in [2.45, 2.75) is 32.7 Å². The summed E-state index contributed by atoms with van der Waals surface area (Å²) in [7, 11) is 2.07. The summed E-state index contributed by atoms with van der Waals surface area (Å²) in [5.74, 6) is 0.887. The highest BCUT2D eigenvalue weighted by Gasteiger charge is 2.31. The zero-order valence-corrected chi connectivity index (χ0v) is 24.1. The number of likely N-dealkylation sites (N-methyl/N-ethyl adjacent to an activating group) is 1. The van der Waals surface area contributed by atoms with E-state index in [0.29, 0.717) is 45.8 Å². The van der Waals surface area contributed by atoms with E-state index in [-0.39, 0.29) is 36.1 Å². The third kappa shape index (κ3) is 9.31. The van der Waals surface area contributed by atoms with E-state index in [1.54, 1.807) is 0 Å². The predicted octanol–water partition coefficient (Wildman–Crippen LogP) is 1.91. The summed E-state index contributed by atoms with van der Waals surface area (Å²) in [6.45, 7) is 5.47. The zero-order chi connectivity index (χ0) is 29.0. The number of ether oxygens (including phenoxy) is 1. The summed E-state index contributed by atoms with van der Waals surface area (Å²) < 4.78 is 6.16. The molecule has 0 radical (unpaired) electrons. The van der Waals surface area contributed by atoms with Gasteiger partial charge in [0.05, 0.1) is 6.54 Å². The molecule has 2 bridgehead atoms. The van der Waals surface area contributed by atoms with Gasteiger partial charge in [0.25, 0.3) is 0 Å². The maximum atomic E-state index is 13.1. The second kappa shape index (κ2) is 15.2. The van der Waals surface area contributed by atoms with Gasteiger partial charge in [0, 0.05) is 89.2 Å². The summed E-state index contributed by atoms with van der Waals surface area (Å²) >= 11 is 0. The minimum Gasteiger partial charge on any atom is -0.489 e. The molecule has 4 rings (SSSR count). The lowest BCUT2D eigenvalue weighted by atomic mass is 9.82. The highest BCUT2D eigenvalue weighted by molar-refractivity contribution is 5.79. The molecule has 2 aliphatic rings. The van der Waals surface area contributed by atoms with Crippen LogP contribution >= 0.6 is 0 Å². The molecule has 0 saturated carbocycles. The van der Waals surface area contributed by atoms with Crippen molar-refractivity contribution < 1.29 is 19.1 Å². The summed E-state index contributed by atoms with van der Waals surface area (Å²) in [6.07, 6.45) is 7.91. The largest absolute Gasteiger partial charge is 0.489 e. The average molecular weight is 563 g/mol. The lowest BCUT2D eigenvalue weighted by Crippen LogP contribution is -2.47. The van der Waals surface area contributed by atoms with Crippen molar-refractivity contribution in [1.29, 1.82) is 0 Å². The van der Waals surface area contributed by atoms with E-state index in [0.717, 1.165) is 42.1 Å². The molecule has 1 aromatic heterocycles. The summed E-state index contributed by atoms with van der Waals surface area (Å²) in [5, 5.41) is 8.89. The third-order valence-corrected chi connectivity index (χ3v) is 7.65. The van der Waals surface area contributed by atoms with Crippen molar-refractivity contribution >= 4 is 23.4 Å². The average Bonchev–Trinajstić information content (AvgIpc) is 2.98. The summed E-state index contributed by atoms with van der Waals surface area (Å²) in [6, 6.07) is 12.1. The number of carbonyl (C=O) groups excluding carboxylic acids is 3. The SMILES string of the molecule is CC(=O)NCCNC(=O)C[C@@H]1CCN2C[C@@H]1C=CCOc1ccc(N(C)CCc3ccccn3)cc1CNCC2=O. The Balaban J connectivity index is 1.38. The van der Waals surface area contributed by atoms with Crippen LogP contribution in [0.4, 0.5) is 5.69 Å². The number of nitrogens with one attached hydrogen (secondary N) is 3. The molecule has 2 aliphatic heterocycles. The number of fused-ring (bicyclic) bond motifs is 3. The Bertz CT molecular complexity index is 1200. The monoisotopic (exact) mass is 562 g/mol. The van der Waals surface area contributed by atoms with Gasteiger partial charge in [-0.15, -0.1) is 0 Å². The minimum atomic E-state index is -0.117. The Morgan fingerprint density at radius 3 is 2.83 bits per heavy atom. The fourth-order valence-electron chi connectivity index (χ4n) is 5.30. The topological polar surface area (TPSA) is 116 Å². The van der Waals surface area contributed by atoms with Gasteiger partial charge in [0.1, 0.15) is 12.4 Å². The molecule has 3 amide bonds. The first-order chi connectivity index (χ1) is 19.9. The molecule has 3 N–H and O–H groups in total. The molecule has 1 saturated heterocycles. The van der Waals surface area contributed by atoms with Gasteiger partial charge in [-0.2, -0.15) is 0 Å². The predicted molar refractivity (Wildman–Crippen MR) is 158 cm³/mol. The van der Waals surface area contributed by atoms with Crippen molar-refractivity contribution in [3.63, 3.8) is 0 Å². The Morgan fingerprint density at radius 2 is 2.02 bits per heavy atom. The normalized spacial score (nSPS) is 19.1. The summed E-state index contributed by atoms with van der Waals surface area (Å²) in [4.78, 5) is 45.2. The highest BCUT2D eigenvalue weighted by Crippen LogP contribution is 2.29. The van der Waals surface area contributed by atoms with Gasteiger partial charge in [-0.1, -0.05) is 18.2 Å². The molecular weight excluding hydrogens is 520 g/mol. The van der Waals surface area contributed by atoms with Crippen LogP contribution < -0.4 is 25.6 Å². The number of piperidine rings is 1. The molecule has 2 aromatic rings. The maximum absolute atomic E-state index is 13.1. The number of carbonyl (C=O) groups is 3. The van der Waals surface area contributed by atoms with Gasteiger partial charge in [-0.05, 0) is 48.6 Å². The van der Waals surface area contributed by atoms with Crippen LogP contribution in [-0.2, 0) is 27.3 Å². The summed E-state index contributed by atoms with van der Waals surface area (Å²) in [5.41, 5.74) is 3.13. The van der Waals surface area contributed by atoms with Crippen LogP contribution in [0.15, 0.2) is 54.7 Å². The number of pyridine rings is 1. The second-order valence-corrected chi connectivity index (χ2v) is 10.7. The number of rotatable bonds is 9. The van der Waals surface area contributed by atoms with Crippen LogP contribution in [0.3, 0.4) is 0 Å². The fourth-order valence-corrected chi connectivity index (χ4v) is 5.30. The molecule has 10 heteroatoms. The van der Waals surface area contributed by atoms with E-state index >= 15 is 0 Å². The maximum Gasteiger partial charge on any atom is 0.236 e. The number of aromatic nitrogens is 1. The Morgan fingerprint density at radius 1 is 1.17 bits per heavy atom. The van der Waals surface area contributed by atoms with Gasteiger partial charge < -0.3 is 30.5 Å². The quantitative estimate of drug-likeness (QED) is 0.316. The first kappa shape index (κ1) is 30.0. The van der Waals surface area contributed by atoms with Crippen LogP contribution in [0, 0.1) is 11.8 Å². The van der Waals surface area contributed by atoms with Crippen LogP contribution in [0.2, 0.25) is 0 Å². The smallest absolute Gasteiger partial charge is 0.236 e. The standard InChI is InChI=1S/C31H42N6O4/c1-23(38)33-13-14-35-30(39)19-24-10-16-37-22-25(24)6-5-17-41-29-9-8-28(18-26(29)20-32-21-31(37)40)36(2)15-11-27-7-3-4-12-34-27/h3-9,12,18,24-25,32H,10-11,13-17,19-22H2,1-2H3,(H,33,38)(H,35,39)/t24-,25-/m0/s1. The lowest BCUT2D eigenvalue weighted by Gasteiger charge is -2.37. The number of nitrogens with zero attached hydrogens (tertiary/aromatic N) is 3. The van der Waals surface area contributed by atoms with Gasteiger partial charge in [-0.25, -0.2) is 0 Å². The molecule has 41 heavy (non-hydrogen) atoms. The molecule has 220 valence electrons. The molecule has 10 nitrogen and oxygen atoms in total.